The lowest BCUT2D eigenvalue weighted by Gasteiger charge is -1.98. The predicted octanol–water partition coefficient (Wildman–Crippen LogP) is 5.36. The van der Waals surface area contributed by atoms with Crippen molar-refractivity contribution >= 4 is 64.7 Å². The van der Waals surface area contributed by atoms with Crippen molar-refractivity contribution in [3.05, 3.63) is 47.2 Å². The SMILES string of the molecule is Cn1c2cc3c[c]sc3cc2c2cc3s[c]cc3cc21. The topological polar surface area (TPSA) is 4.93 Å². The first kappa shape index (κ1) is 10.9. The summed E-state index contributed by atoms with van der Waals surface area (Å²) in [5, 5.41) is 11.7. The van der Waals surface area contributed by atoms with E-state index in [1.165, 1.54) is 42.0 Å². The number of aryl methyl sites for hydroxylation is 1. The first-order valence-corrected chi connectivity index (χ1v) is 8.06. The van der Waals surface area contributed by atoms with E-state index in [0.29, 0.717) is 0 Å². The summed E-state index contributed by atoms with van der Waals surface area (Å²) >= 11 is 3.37. The number of nitrogens with zero attached hydrogens (tertiary/aromatic N) is 1. The van der Waals surface area contributed by atoms with E-state index in [2.05, 4.69) is 58.8 Å². The van der Waals surface area contributed by atoms with Gasteiger partial charge in [0, 0.05) is 49.0 Å². The first-order chi connectivity index (χ1) is 9.81. The number of fused-ring (bicyclic) bond motifs is 5. The zero-order valence-corrected chi connectivity index (χ0v) is 12.4. The highest BCUT2D eigenvalue weighted by molar-refractivity contribution is 7.17. The molecule has 3 aromatic heterocycles. The molecule has 0 fully saturated rings. The number of thiophene rings is 2. The zero-order chi connectivity index (χ0) is 13.3. The molecular formula is C17H9NS2. The Morgan fingerprint density at radius 3 is 1.80 bits per heavy atom. The van der Waals surface area contributed by atoms with Crippen molar-refractivity contribution in [2.24, 2.45) is 7.05 Å². The van der Waals surface area contributed by atoms with Crippen molar-refractivity contribution in [3.8, 4) is 0 Å². The van der Waals surface area contributed by atoms with Gasteiger partial charge in [-0.1, -0.05) is 0 Å². The molecule has 2 aromatic carbocycles. The van der Waals surface area contributed by atoms with Crippen LogP contribution in [0, 0.1) is 10.8 Å². The van der Waals surface area contributed by atoms with E-state index in [9.17, 15) is 0 Å². The summed E-state index contributed by atoms with van der Waals surface area (Å²) in [4.78, 5) is 0. The van der Waals surface area contributed by atoms with Gasteiger partial charge in [0.15, 0.2) is 0 Å². The van der Waals surface area contributed by atoms with E-state index < -0.39 is 0 Å². The minimum atomic E-state index is 1.28. The van der Waals surface area contributed by atoms with E-state index in [-0.39, 0.29) is 0 Å². The maximum Gasteiger partial charge on any atom is 0.0495 e. The van der Waals surface area contributed by atoms with Crippen LogP contribution in [0.5, 0.6) is 0 Å². The highest BCUT2D eigenvalue weighted by Crippen LogP contribution is 2.36. The number of aromatic nitrogens is 1. The third kappa shape index (κ3) is 1.27. The Morgan fingerprint density at radius 1 is 0.800 bits per heavy atom. The Bertz CT molecular complexity index is 1020. The molecule has 0 N–H and O–H groups in total. The highest BCUT2D eigenvalue weighted by atomic mass is 32.1. The molecule has 0 bridgehead atoms. The molecule has 0 spiro atoms. The fraction of sp³-hybridized carbons (Fsp3) is 0.0588. The van der Waals surface area contributed by atoms with Gasteiger partial charge in [-0.15, -0.1) is 22.7 Å². The van der Waals surface area contributed by atoms with Gasteiger partial charge >= 0.3 is 0 Å². The molecular weight excluding hydrogens is 282 g/mol. The predicted molar refractivity (Wildman–Crippen MR) is 88.9 cm³/mol. The summed E-state index contributed by atoms with van der Waals surface area (Å²) in [7, 11) is 2.15. The van der Waals surface area contributed by atoms with E-state index >= 15 is 0 Å². The molecule has 0 aliphatic heterocycles. The second-order valence-corrected chi connectivity index (χ2v) is 6.86. The Labute approximate surface area is 123 Å². The van der Waals surface area contributed by atoms with Crippen molar-refractivity contribution in [1.29, 1.82) is 0 Å². The summed E-state index contributed by atoms with van der Waals surface area (Å²) < 4.78 is 4.91. The van der Waals surface area contributed by atoms with Gasteiger partial charge in [-0.3, -0.25) is 0 Å². The van der Waals surface area contributed by atoms with Gasteiger partial charge in [0.1, 0.15) is 0 Å². The molecule has 3 heterocycles. The van der Waals surface area contributed by atoms with E-state index in [1.54, 1.807) is 22.7 Å². The van der Waals surface area contributed by atoms with Crippen LogP contribution >= 0.6 is 22.7 Å². The Hall–Kier alpha value is -1.84. The highest BCUT2D eigenvalue weighted by Gasteiger charge is 2.11. The van der Waals surface area contributed by atoms with Gasteiger partial charge in [-0.05, 0) is 47.2 Å². The van der Waals surface area contributed by atoms with Gasteiger partial charge in [0.25, 0.3) is 0 Å². The second kappa shape index (κ2) is 3.62. The van der Waals surface area contributed by atoms with Gasteiger partial charge in [0.05, 0.1) is 0 Å². The Morgan fingerprint density at radius 2 is 1.30 bits per heavy atom. The van der Waals surface area contributed by atoms with Crippen molar-refractivity contribution in [1.82, 2.24) is 4.57 Å². The summed E-state index contributed by atoms with van der Waals surface area (Å²) in [6.07, 6.45) is 0. The molecule has 2 radical (unpaired) electrons. The molecule has 0 aliphatic rings. The van der Waals surface area contributed by atoms with Crippen LogP contribution in [-0.2, 0) is 7.05 Å². The molecule has 94 valence electrons. The molecule has 0 atom stereocenters. The molecule has 20 heavy (non-hydrogen) atoms. The smallest absolute Gasteiger partial charge is 0.0495 e. The maximum atomic E-state index is 3.22. The van der Waals surface area contributed by atoms with E-state index in [0.717, 1.165) is 0 Å². The van der Waals surface area contributed by atoms with Crippen LogP contribution in [0.1, 0.15) is 0 Å². The van der Waals surface area contributed by atoms with Crippen LogP contribution in [0.15, 0.2) is 36.4 Å². The van der Waals surface area contributed by atoms with Crippen molar-refractivity contribution in [2.45, 2.75) is 0 Å². The second-order valence-electron chi connectivity index (χ2n) is 5.10. The van der Waals surface area contributed by atoms with Crippen molar-refractivity contribution in [3.63, 3.8) is 0 Å². The zero-order valence-electron chi connectivity index (χ0n) is 10.7. The molecule has 0 saturated heterocycles. The molecule has 3 heteroatoms. The molecule has 0 aliphatic carbocycles. The molecule has 0 saturated carbocycles. The quantitative estimate of drug-likeness (QED) is 0.362. The standard InChI is InChI=1S/C17H9NS2/c1-18-14-6-10-2-4-19-16(10)8-12(14)13-9-17-11(3-5-20-17)7-15(13)18/h2-3,6-9H,1H3. The molecule has 5 aromatic rings. The van der Waals surface area contributed by atoms with Crippen LogP contribution in [0.2, 0.25) is 0 Å². The number of benzene rings is 2. The van der Waals surface area contributed by atoms with Crippen LogP contribution in [0.4, 0.5) is 0 Å². The van der Waals surface area contributed by atoms with Crippen molar-refractivity contribution in [2.75, 3.05) is 0 Å². The fourth-order valence-corrected chi connectivity index (χ4v) is 4.45. The third-order valence-electron chi connectivity index (χ3n) is 4.04. The molecule has 0 unspecified atom stereocenters. The molecule has 5 rings (SSSR count). The molecule has 0 amide bonds. The average molecular weight is 291 g/mol. The van der Waals surface area contributed by atoms with Gasteiger partial charge in [-0.25, -0.2) is 0 Å². The van der Waals surface area contributed by atoms with Crippen LogP contribution < -0.4 is 0 Å². The average Bonchev–Trinajstić information content (AvgIpc) is 3.15. The largest absolute Gasteiger partial charge is 0.344 e. The monoisotopic (exact) mass is 291 g/mol. The fourth-order valence-electron chi connectivity index (χ4n) is 3.00. The van der Waals surface area contributed by atoms with Gasteiger partial charge < -0.3 is 4.57 Å². The summed E-state index contributed by atoms with van der Waals surface area (Å²) in [5.41, 5.74) is 2.59. The number of hydrogen-bond donors (Lipinski definition) is 0. The van der Waals surface area contributed by atoms with Crippen LogP contribution in [0.25, 0.3) is 42.0 Å². The minimum Gasteiger partial charge on any atom is -0.344 e. The lowest BCUT2D eigenvalue weighted by molar-refractivity contribution is 1.02. The van der Waals surface area contributed by atoms with E-state index in [4.69, 9.17) is 0 Å². The van der Waals surface area contributed by atoms with Crippen LogP contribution in [-0.4, -0.2) is 4.57 Å². The Balaban J connectivity index is 2.10. The van der Waals surface area contributed by atoms with Gasteiger partial charge in [-0.2, -0.15) is 0 Å². The van der Waals surface area contributed by atoms with E-state index in [1.807, 2.05) is 0 Å². The van der Waals surface area contributed by atoms with Crippen LogP contribution in [0.3, 0.4) is 0 Å². The maximum absolute atomic E-state index is 3.22. The van der Waals surface area contributed by atoms with Gasteiger partial charge in [0.2, 0.25) is 0 Å². The normalized spacial score (nSPS) is 12.2. The first-order valence-electron chi connectivity index (χ1n) is 6.43. The lowest BCUT2D eigenvalue weighted by atomic mass is 10.1. The summed E-state index contributed by atoms with van der Waals surface area (Å²) in [5.74, 6) is 0. The minimum absolute atomic E-state index is 1.28. The number of rotatable bonds is 0. The lowest BCUT2D eigenvalue weighted by Crippen LogP contribution is -1.85. The van der Waals surface area contributed by atoms with Crippen molar-refractivity contribution < 1.29 is 0 Å². The Kier molecular flexibility index (Phi) is 1.97. The summed E-state index contributed by atoms with van der Waals surface area (Å²) in [6, 6.07) is 13.3. The number of hydrogen-bond acceptors (Lipinski definition) is 2. The summed E-state index contributed by atoms with van der Waals surface area (Å²) in [6.45, 7) is 0. The molecule has 1 nitrogen and oxygen atoms in total. The third-order valence-corrected chi connectivity index (χ3v) is 5.65.